The summed E-state index contributed by atoms with van der Waals surface area (Å²) in [7, 11) is 0. The quantitative estimate of drug-likeness (QED) is 0.165. The van der Waals surface area contributed by atoms with E-state index in [0.29, 0.717) is 0 Å². The average Bonchev–Trinajstić information content (AvgIpc) is 2.62. The van der Waals surface area contributed by atoms with Crippen molar-refractivity contribution < 1.29 is 34.2 Å². The SMILES string of the molecule is CC(C)CC(NC(=O)C(CC(N)=O)NC(=O)C(NC(=O)C(N)C(C)C)C(C)O)C(=O)O. The van der Waals surface area contributed by atoms with Gasteiger partial charge in [-0.25, -0.2) is 4.79 Å². The standard InChI is InChI=1S/C19H35N5O7/c1-8(2)6-12(19(30)31)23-16(27)11(7-13(20)26)22-18(29)15(10(5)25)24-17(28)14(21)9(3)4/h8-12,14-15,25H,6-7,21H2,1-5H3,(H2,20,26)(H,22,29)(H,23,27)(H,24,28)(H,30,31). The first-order valence-electron chi connectivity index (χ1n) is 10.0. The van der Waals surface area contributed by atoms with Crippen molar-refractivity contribution in [2.75, 3.05) is 0 Å². The van der Waals surface area contributed by atoms with Crippen molar-refractivity contribution in [2.45, 2.75) is 77.7 Å². The van der Waals surface area contributed by atoms with Gasteiger partial charge in [0.05, 0.1) is 18.6 Å². The minimum atomic E-state index is -1.50. The number of nitrogens with one attached hydrogen (secondary N) is 3. The van der Waals surface area contributed by atoms with Crippen LogP contribution in [-0.2, 0) is 24.0 Å². The van der Waals surface area contributed by atoms with E-state index in [4.69, 9.17) is 11.5 Å². The van der Waals surface area contributed by atoms with Crippen LogP contribution in [0.2, 0.25) is 0 Å². The highest BCUT2D eigenvalue weighted by atomic mass is 16.4. The van der Waals surface area contributed by atoms with Crippen LogP contribution in [0.1, 0.15) is 47.5 Å². The van der Waals surface area contributed by atoms with E-state index in [-0.39, 0.29) is 18.3 Å². The third-order valence-electron chi connectivity index (χ3n) is 4.44. The minimum absolute atomic E-state index is 0.0504. The van der Waals surface area contributed by atoms with Gasteiger partial charge < -0.3 is 37.6 Å². The van der Waals surface area contributed by atoms with E-state index in [9.17, 15) is 34.2 Å². The zero-order chi connectivity index (χ0) is 24.5. The van der Waals surface area contributed by atoms with Crippen LogP contribution < -0.4 is 27.4 Å². The maximum Gasteiger partial charge on any atom is 0.326 e. The summed E-state index contributed by atoms with van der Waals surface area (Å²) >= 11 is 0. The second-order valence-electron chi connectivity index (χ2n) is 8.26. The second-order valence-corrected chi connectivity index (χ2v) is 8.26. The fourth-order valence-electron chi connectivity index (χ4n) is 2.59. The van der Waals surface area contributed by atoms with E-state index in [1.165, 1.54) is 6.92 Å². The van der Waals surface area contributed by atoms with Crippen LogP contribution in [0.4, 0.5) is 0 Å². The number of carboxylic acid groups (broad SMARTS) is 1. The molecule has 0 fully saturated rings. The van der Waals surface area contributed by atoms with Gasteiger partial charge in [0.1, 0.15) is 18.1 Å². The largest absolute Gasteiger partial charge is 0.480 e. The molecule has 0 spiro atoms. The third kappa shape index (κ3) is 10.2. The van der Waals surface area contributed by atoms with Crippen molar-refractivity contribution in [3.8, 4) is 0 Å². The summed E-state index contributed by atoms with van der Waals surface area (Å²) in [6.45, 7) is 8.18. The lowest BCUT2D eigenvalue weighted by atomic mass is 10.0. The Balaban J connectivity index is 5.47. The number of carbonyl (C=O) groups excluding carboxylic acids is 4. The van der Waals surface area contributed by atoms with Crippen LogP contribution in [0.5, 0.6) is 0 Å². The Morgan fingerprint density at radius 3 is 1.74 bits per heavy atom. The van der Waals surface area contributed by atoms with Crippen molar-refractivity contribution in [3.63, 3.8) is 0 Å². The van der Waals surface area contributed by atoms with E-state index in [0.717, 1.165) is 0 Å². The van der Waals surface area contributed by atoms with Crippen LogP contribution >= 0.6 is 0 Å². The highest BCUT2D eigenvalue weighted by molar-refractivity contribution is 5.96. The third-order valence-corrected chi connectivity index (χ3v) is 4.44. The van der Waals surface area contributed by atoms with Gasteiger partial charge in [-0.1, -0.05) is 27.7 Å². The second kappa shape index (κ2) is 12.8. The van der Waals surface area contributed by atoms with Crippen molar-refractivity contribution in [1.82, 2.24) is 16.0 Å². The summed E-state index contributed by atoms with van der Waals surface area (Å²) in [5, 5.41) is 26.0. The highest BCUT2D eigenvalue weighted by Gasteiger charge is 2.33. The van der Waals surface area contributed by atoms with Gasteiger partial charge in [-0.15, -0.1) is 0 Å². The lowest BCUT2D eigenvalue weighted by Crippen LogP contribution is -2.60. The number of hydrogen-bond acceptors (Lipinski definition) is 7. The zero-order valence-electron chi connectivity index (χ0n) is 18.5. The number of aliphatic hydroxyl groups excluding tert-OH is 1. The molecule has 12 nitrogen and oxygen atoms in total. The van der Waals surface area contributed by atoms with Gasteiger partial charge in [-0.2, -0.15) is 0 Å². The van der Waals surface area contributed by atoms with E-state index in [1.807, 2.05) is 0 Å². The Hall–Kier alpha value is -2.73. The maximum absolute atomic E-state index is 12.6. The number of hydrogen-bond donors (Lipinski definition) is 7. The summed E-state index contributed by atoms with van der Waals surface area (Å²) in [5.41, 5.74) is 10.9. The maximum atomic E-state index is 12.6. The summed E-state index contributed by atoms with van der Waals surface area (Å²) < 4.78 is 0. The molecule has 5 unspecified atom stereocenters. The van der Waals surface area contributed by atoms with Crippen LogP contribution in [0.3, 0.4) is 0 Å². The molecule has 178 valence electrons. The van der Waals surface area contributed by atoms with Gasteiger partial charge in [0.25, 0.3) is 0 Å². The molecule has 0 aliphatic heterocycles. The monoisotopic (exact) mass is 445 g/mol. The molecule has 0 heterocycles. The number of primary amides is 1. The van der Waals surface area contributed by atoms with Crippen molar-refractivity contribution in [3.05, 3.63) is 0 Å². The van der Waals surface area contributed by atoms with Crippen LogP contribution in [-0.4, -0.2) is 70.1 Å². The Bertz CT molecular complexity index is 666. The molecular weight excluding hydrogens is 410 g/mol. The van der Waals surface area contributed by atoms with Gasteiger partial charge in [0.2, 0.25) is 23.6 Å². The summed E-state index contributed by atoms with van der Waals surface area (Å²) in [6.07, 6.45) is -1.84. The van der Waals surface area contributed by atoms with Crippen LogP contribution in [0.15, 0.2) is 0 Å². The number of carbonyl (C=O) groups is 5. The molecule has 0 saturated carbocycles. The molecule has 9 N–H and O–H groups in total. The summed E-state index contributed by atoms with van der Waals surface area (Å²) in [4.78, 5) is 60.1. The molecule has 0 aliphatic rings. The van der Waals surface area contributed by atoms with Gasteiger partial charge >= 0.3 is 5.97 Å². The highest BCUT2D eigenvalue weighted by Crippen LogP contribution is 2.07. The molecule has 0 bridgehead atoms. The normalized spacial score (nSPS) is 16.0. The molecule has 12 heteroatoms. The molecule has 0 aromatic heterocycles. The topological polar surface area (TPSA) is 214 Å². The Kier molecular flexibility index (Phi) is 11.7. The van der Waals surface area contributed by atoms with Crippen LogP contribution in [0, 0.1) is 11.8 Å². The Labute approximate surface area is 181 Å². The molecule has 0 aromatic rings. The number of aliphatic hydroxyl groups is 1. The van der Waals surface area contributed by atoms with E-state index in [2.05, 4.69) is 16.0 Å². The minimum Gasteiger partial charge on any atom is -0.480 e. The molecule has 0 radical (unpaired) electrons. The Morgan fingerprint density at radius 2 is 1.35 bits per heavy atom. The number of amides is 4. The molecule has 5 atom stereocenters. The fourth-order valence-corrected chi connectivity index (χ4v) is 2.59. The zero-order valence-corrected chi connectivity index (χ0v) is 18.5. The molecular formula is C19H35N5O7. The lowest BCUT2D eigenvalue weighted by Gasteiger charge is -2.26. The number of nitrogens with two attached hydrogens (primary N) is 2. The van der Waals surface area contributed by atoms with Gasteiger partial charge in [-0.3, -0.25) is 19.2 Å². The lowest BCUT2D eigenvalue weighted by molar-refractivity contribution is -0.143. The summed E-state index contributed by atoms with van der Waals surface area (Å²) in [5.74, 6) is -5.06. The molecule has 0 rings (SSSR count). The molecule has 0 saturated heterocycles. The fraction of sp³-hybridized carbons (Fsp3) is 0.737. The van der Waals surface area contributed by atoms with Crippen molar-refractivity contribution in [1.29, 1.82) is 0 Å². The van der Waals surface area contributed by atoms with Crippen molar-refractivity contribution >= 4 is 29.6 Å². The first kappa shape index (κ1) is 28.3. The predicted octanol–water partition coefficient (Wildman–Crippen LogP) is -2.19. The molecule has 4 amide bonds. The molecule has 0 aromatic carbocycles. The molecule has 0 aliphatic carbocycles. The Morgan fingerprint density at radius 1 is 0.839 bits per heavy atom. The van der Waals surface area contributed by atoms with E-state index < -0.39 is 66.3 Å². The van der Waals surface area contributed by atoms with Crippen LogP contribution in [0.25, 0.3) is 0 Å². The van der Waals surface area contributed by atoms with Gasteiger partial charge in [0.15, 0.2) is 0 Å². The van der Waals surface area contributed by atoms with Gasteiger partial charge in [-0.05, 0) is 25.2 Å². The average molecular weight is 446 g/mol. The number of carboxylic acids is 1. The van der Waals surface area contributed by atoms with E-state index in [1.54, 1.807) is 27.7 Å². The van der Waals surface area contributed by atoms with Crippen molar-refractivity contribution in [2.24, 2.45) is 23.3 Å². The van der Waals surface area contributed by atoms with Gasteiger partial charge in [0, 0.05) is 0 Å². The molecule has 31 heavy (non-hydrogen) atoms. The first-order chi connectivity index (χ1) is 14.2. The summed E-state index contributed by atoms with van der Waals surface area (Å²) in [6, 6.07) is -5.15. The first-order valence-corrected chi connectivity index (χ1v) is 10.0. The number of rotatable bonds is 13. The number of aliphatic carboxylic acids is 1. The smallest absolute Gasteiger partial charge is 0.326 e. The predicted molar refractivity (Wildman–Crippen MR) is 111 cm³/mol. The van der Waals surface area contributed by atoms with E-state index >= 15 is 0 Å².